The number of ether oxygens (including phenoxy) is 4. The number of aromatic hydroxyl groups is 5. The van der Waals surface area contributed by atoms with Crippen LogP contribution in [0.2, 0.25) is 0 Å². The topological polar surface area (TPSA) is 189 Å². The standard InChI is InChI=1S/C37H32O12/c1-20-33(45-16-14-21-2-8-24(38)9-3-21)35(46-17-15-22-4-10-25(39)11-5-22)32(44)37(47-20)49-36-31(43)30-28(42)18-27(41)19-29(30)48-34(36)23-6-12-26(40)13-7-23/h2-20,32-33,35,37-42,44H,1H3/t20-,32-,33+,35+,37+/m1/s1. The van der Waals surface area contributed by atoms with Crippen LogP contribution in [0.15, 0.2) is 107 Å². The minimum absolute atomic E-state index is 0.0460. The van der Waals surface area contributed by atoms with Crippen molar-refractivity contribution in [2.45, 2.75) is 37.6 Å². The van der Waals surface area contributed by atoms with Crippen molar-refractivity contribution in [1.82, 2.24) is 0 Å². The van der Waals surface area contributed by atoms with Crippen molar-refractivity contribution in [1.29, 1.82) is 0 Å². The van der Waals surface area contributed by atoms with Crippen molar-refractivity contribution in [2.24, 2.45) is 0 Å². The average Bonchev–Trinajstić information content (AvgIpc) is 3.07. The predicted octanol–water partition coefficient (Wildman–Crippen LogP) is 5.58. The lowest BCUT2D eigenvalue weighted by Gasteiger charge is -2.42. The number of aliphatic hydroxyl groups excluding tert-OH is 1. The number of benzene rings is 4. The van der Waals surface area contributed by atoms with Gasteiger partial charge in [0.1, 0.15) is 39.7 Å². The lowest BCUT2D eigenvalue weighted by Crippen LogP contribution is -2.59. The Morgan fingerprint density at radius 1 is 0.694 bits per heavy atom. The molecule has 252 valence electrons. The Morgan fingerprint density at radius 3 is 1.80 bits per heavy atom. The Hall–Kier alpha value is -6.11. The molecule has 1 aliphatic rings. The Kier molecular flexibility index (Phi) is 9.33. The molecule has 12 heteroatoms. The Bertz CT molecular complexity index is 2030. The highest BCUT2D eigenvalue weighted by molar-refractivity contribution is 5.88. The van der Waals surface area contributed by atoms with Gasteiger partial charge in [-0.25, -0.2) is 0 Å². The van der Waals surface area contributed by atoms with E-state index in [0.717, 1.165) is 17.7 Å². The molecule has 12 nitrogen and oxygen atoms in total. The SMILES string of the molecule is C[C@H]1O[C@@H](Oc2c(-c3ccc(O)cc3)oc3cc(O)cc(O)c3c2=O)[C@H](O)[C@H](OC=Cc2ccc(O)cc2)[C@H]1OC=Cc1ccc(O)cc1. The van der Waals surface area contributed by atoms with E-state index in [1.54, 1.807) is 43.3 Å². The van der Waals surface area contributed by atoms with E-state index in [2.05, 4.69) is 0 Å². The van der Waals surface area contributed by atoms with E-state index in [1.165, 1.54) is 61.1 Å². The van der Waals surface area contributed by atoms with Crippen LogP contribution in [-0.2, 0) is 14.2 Å². The second-order valence-corrected chi connectivity index (χ2v) is 11.3. The van der Waals surface area contributed by atoms with Crippen molar-refractivity contribution >= 4 is 23.1 Å². The van der Waals surface area contributed by atoms with Gasteiger partial charge in [0.05, 0.1) is 18.6 Å². The molecule has 6 N–H and O–H groups in total. The van der Waals surface area contributed by atoms with Crippen LogP contribution in [0.5, 0.6) is 34.5 Å². The summed E-state index contributed by atoms with van der Waals surface area (Å²) in [6.07, 6.45) is 0.132. The van der Waals surface area contributed by atoms with Gasteiger partial charge < -0.3 is 54.0 Å². The van der Waals surface area contributed by atoms with Gasteiger partial charge in [0.15, 0.2) is 24.1 Å². The number of aliphatic hydroxyl groups is 1. The fourth-order valence-corrected chi connectivity index (χ4v) is 5.31. The zero-order valence-electron chi connectivity index (χ0n) is 25.9. The molecule has 0 bridgehead atoms. The van der Waals surface area contributed by atoms with Gasteiger partial charge >= 0.3 is 0 Å². The molecule has 0 aliphatic carbocycles. The fraction of sp³-hybridized carbons (Fsp3) is 0.162. The molecule has 0 unspecified atom stereocenters. The molecular weight excluding hydrogens is 636 g/mol. The summed E-state index contributed by atoms with van der Waals surface area (Å²) < 4.78 is 30.1. The second kappa shape index (κ2) is 13.9. The minimum atomic E-state index is -1.57. The van der Waals surface area contributed by atoms with Gasteiger partial charge in [0, 0.05) is 17.7 Å². The maximum absolute atomic E-state index is 13.9. The van der Waals surface area contributed by atoms with E-state index in [0.29, 0.717) is 11.1 Å². The molecule has 1 aliphatic heterocycles. The highest BCUT2D eigenvalue weighted by Gasteiger charge is 2.48. The monoisotopic (exact) mass is 668 g/mol. The van der Waals surface area contributed by atoms with Crippen LogP contribution in [0.1, 0.15) is 18.1 Å². The molecule has 1 saturated heterocycles. The van der Waals surface area contributed by atoms with E-state index in [1.807, 2.05) is 0 Å². The minimum Gasteiger partial charge on any atom is -0.508 e. The molecular formula is C37H32O12. The van der Waals surface area contributed by atoms with Gasteiger partial charge in [0.2, 0.25) is 17.5 Å². The van der Waals surface area contributed by atoms with Crippen LogP contribution in [0.3, 0.4) is 0 Å². The molecule has 0 amide bonds. The van der Waals surface area contributed by atoms with Crippen molar-refractivity contribution in [3.8, 4) is 45.8 Å². The fourth-order valence-electron chi connectivity index (χ4n) is 5.31. The van der Waals surface area contributed by atoms with Gasteiger partial charge in [-0.15, -0.1) is 0 Å². The quantitative estimate of drug-likeness (QED) is 0.107. The first-order valence-electron chi connectivity index (χ1n) is 15.1. The summed E-state index contributed by atoms with van der Waals surface area (Å²) in [6.45, 7) is 1.67. The first-order chi connectivity index (χ1) is 23.6. The molecule has 6 rings (SSSR count). The molecule has 4 aromatic carbocycles. The third-order valence-electron chi connectivity index (χ3n) is 7.81. The van der Waals surface area contributed by atoms with Crippen LogP contribution < -0.4 is 10.2 Å². The number of phenolic OH excluding ortho intramolecular Hbond substituents is 5. The summed E-state index contributed by atoms with van der Waals surface area (Å²) in [7, 11) is 0. The summed E-state index contributed by atoms with van der Waals surface area (Å²) in [5.74, 6) is -1.28. The van der Waals surface area contributed by atoms with Gasteiger partial charge in [0.25, 0.3) is 0 Å². The maximum atomic E-state index is 13.9. The zero-order chi connectivity index (χ0) is 34.7. The number of phenols is 5. The van der Waals surface area contributed by atoms with Crippen molar-refractivity contribution in [3.63, 3.8) is 0 Å². The number of rotatable bonds is 9. The summed E-state index contributed by atoms with van der Waals surface area (Å²) >= 11 is 0. The Balaban J connectivity index is 1.34. The highest BCUT2D eigenvalue weighted by atomic mass is 16.7. The second-order valence-electron chi connectivity index (χ2n) is 11.3. The molecule has 2 heterocycles. The van der Waals surface area contributed by atoms with Crippen molar-refractivity contribution < 1.29 is 54.0 Å². The molecule has 49 heavy (non-hydrogen) atoms. The normalized spacial score (nSPS) is 20.9. The van der Waals surface area contributed by atoms with Crippen LogP contribution in [-0.4, -0.2) is 61.3 Å². The summed E-state index contributed by atoms with van der Waals surface area (Å²) in [6, 6.07) is 20.6. The van der Waals surface area contributed by atoms with Crippen molar-refractivity contribution in [3.05, 3.63) is 119 Å². The molecule has 0 radical (unpaired) electrons. The highest BCUT2D eigenvalue weighted by Crippen LogP contribution is 2.38. The third-order valence-corrected chi connectivity index (χ3v) is 7.81. The first kappa shape index (κ1) is 32.8. The van der Waals surface area contributed by atoms with E-state index < -0.39 is 47.6 Å². The molecule has 1 aromatic heterocycles. The largest absolute Gasteiger partial charge is 0.508 e. The molecule has 0 spiro atoms. The molecule has 0 saturated carbocycles. The van der Waals surface area contributed by atoms with Crippen LogP contribution in [0.4, 0.5) is 0 Å². The number of hydrogen-bond acceptors (Lipinski definition) is 12. The number of hydrogen-bond donors (Lipinski definition) is 6. The lowest BCUT2D eigenvalue weighted by atomic mass is 9.99. The third kappa shape index (κ3) is 7.25. The molecule has 5 aromatic rings. The molecule has 1 fully saturated rings. The smallest absolute Gasteiger partial charge is 0.239 e. The van der Waals surface area contributed by atoms with Gasteiger partial charge in [-0.3, -0.25) is 4.79 Å². The summed E-state index contributed by atoms with van der Waals surface area (Å²) in [4.78, 5) is 13.9. The maximum Gasteiger partial charge on any atom is 0.239 e. The lowest BCUT2D eigenvalue weighted by molar-refractivity contribution is -0.269. The van der Waals surface area contributed by atoms with Crippen LogP contribution in [0.25, 0.3) is 34.4 Å². The van der Waals surface area contributed by atoms with Gasteiger partial charge in [-0.05, 0) is 78.7 Å². The van der Waals surface area contributed by atoms with Crippen molar-refractivity contribution in [2.75, 3.05) is 0 Å². The summed E-state index contributed by atoms with van der Waals surface area (Å²) in [5.41, 5.74) is 0.785. The van der Waals surface area contributed by atoms with E-state index >= 15 is 0 Å². The van der Waals surface area contributed by atoms with Crippen LogP contribution in [0, 0.1) is 0 Å². The van der Waals surface area contributed by atoms with E-state index in [4.69, 9.17) is 23.4 Å². The average molecular weight is 669 g/mol. The van der Waals surface area contributed by atoms with Gasteiger partial charge in [-0.2, -0.15) is 0 Å². The van der Waals surface area contributed by atoms with Crippen LogP contribution >= 0.6 is 0 Å². The summed E-state index contributed by atoms with van der Waals surface area (Å²) in [5, 5.41) is 61.0. The van der Waals surface area contributed by atoms with E-state index in [-0.39, 0.29) is 39.7 Å². The first-order valence-corrected chi connectivity index (χ1v) is 15.1. The Labute approximate surface area is 279 Å². The Morgan fingerprint density at radius 2 is 1.22 bits per heavy atom. The number of fused-ring (bicyclic) bond motifs is 1. The zero-order valence-corrected chi connectivity index (χ0v) is 25.9. The van der Waals surface area contributed by atoms with Gasteiger partial charge in [-0.1, -0.05) is 24.3 Å². The molecule has 5 atom stereocenters. The predicted molar refractivity (Wildman–Crippen MR) is 178 cm³/mol. The van der Waals surface area contributed by atoms with E-state index in [9.17, 15) is 35.4 Å².